The lowest BCUT2D eigenvalue weighted by Crippen LogP contribution is -2.15. The third kappa shape index (κ3) is 2.62. The van der Waals surface area contributed by atoms with Gasteiger partial charge in [0.1, 0.15) is 5.69 Å². The highest BCUT2D eigenvalue weighted by atomic mass is 16.6. The highest BCUT2D eigenvalue weighted by molar-refractivity contribution is 5.64. The fourth-order valence-corrected chi connectivity index (χ4v) is 2.45. The quantitative estimate of drug-likeness (QED) is 0.629. The van der Waals surface area contributed by atoms with Gasteiger partial charge in [-0.1, -0.05) is 54.6 Å². The Morgan fingerprint density at radius 2 is 1.65 bits per heavy atom. The highest BCUT2D eigenvalue weighted by Crippen LogP contribution is 2.19. The number of H-pyrrole nitrogens is 1. The summed E-state index contributed by atoms with van der Waals surface area (Å²) in [6.45, 7) is 0. The van der Waals surface area contributed by atoms with Crippen molar-refractivity contribution in [2.24, 2.45) is 0 Å². The zero-order valence-electron chi connectivity index (χ0n) is 12.1. The topological polar surface area (TPSA) is 84.7 Å². The van der Waals surface area contributed by atoms with E-state index in [1.165, 1.54) is 0 Å². The average Bonchev–Trinajstić information content (AvgIpc) is 3.04. The molecular formula is C17H12N4O2. The molecule has 0 aliphatic carbocycles. The van der Waals surface area contributed by atoms with Gasteiger partial charge in [0.25, 0.3) is 5.56 Å². The molecule has 2 aromatic heterocycles. The molecule has 0 spiro atoms. The minimum absolute atomic E-state index is 0.262. The average molecular weight is 304 g/mol. The van der Waals surface area contributed by atoms with Crippen LogP contribution in [0.3, 0.4) is 0 Å². The van der Waals surface area contributed by atoms with Crippen molar-refractivity contribution < 1.29 is 4.63 Å². The first-order valence-corrected chi connectivity index (χ1v) is 7.15. The predicted octanol–water partition coefficient (Wildman–Crippen LogP) is 2.56. The van der Waals surface area contributed by atoms with Crippen molar-refractivity contribution in [1.29, 1.82) is 0 Å². The molecule has 0 unspecified atom stereocenters. The largest absolute Gasteiger partial charge is 0.299 e. The van der Waals surface area contributed by atoms with Crippen LogP contribution in [-0.4, -0.2) is 20.3 Å². The van der Waals surface area contributed by atoms with E-state index in [-0.39, 0.29) is 11.2 Å². The molecule has 0 saturated carbocycles. The number of hydrogen-bond donors (Lipinski definition) is 1. The Hall–Kier alpha value is -3.28. The molecule has 0 aliphatic heterocycles. The molecule has 4 aromatic rings. The maximum absolute atomic E-state index is 12.0. The molecule has 112 valence electrons. The summed E-state index contributed by atoms with van der Waals surface area (Å²) in [5.74, 6) is 0. The Morgan fingerprint density at radius 1 is 0.913 bits per heavy atom. The minimum atomic E-state index is -0.277. The normalized spacial score (nSPS) is 11.0. The smallest absolute Gasteiger partial charge is 0.271 e. The SMILES string of the molecule is O=c1[nH]c2nonc2nc1Cc1ccc(-c2ccccc2)cc1. The second-order valence-electron chi connectivity index (χ2n) is 5.19. The first kappa shape index (κ1) is 13.4. The minimum Gasteiger partial charge on any atom is -0.299 e. The van der Waals surface area contributed by atoms with Gasteiger partial charge >= 0.3 is 0 Å². The molecule has 4 rings (SSSR count). The lowest BCUT2D eigenvalue weighted by molar-refractivity contribution is 0.314. The van der Waals surface area contributed by atoms with Crippen LogP contribution in [0.25, 0.3) is 22.4 Å². The third-order valence-electron chi connectivity index (χ3n) is 3.64. The van der Waals surface area contributed by atoms with Gasteiger partial charge in [0, 0.05) is 6.42 Å². The van der Waals surface area contributed by atoms with Gasteiger partial charge in [-0.15, -0.1) is 0 Å². The van der Waals surface area contributed by atoms with Gasteiger partial charge in [-0.05, 0) is 27.0 Å². The molecule has 23 heavy (non-hydrogen) atoms. The molecule has 2 aromatic carbocycles. The van der Waals surface area contributed by atoms with Gasteiger partial charge in [0.2, 0.25) is 11.3 Å². The van der Waals surface area contributed by atoms with Gasteiger partial charge in [-0.25, -0.2) is 9.61 Å². The van der Waals surface area contributed by atoms with E-state index in [4.69, 9.17) is 0 Å². The maximum Gasteiger partial charge on any atom is 0.271 e. The van der Waals surface area contributed by atoms with E-state index in [1.807, 2.05) is 42.5 Å². The fraction of sp³-hybridized carbons (Fsp3) is 0.0588. The van der Waals surface area contributed by atoms with Gasteiger partial charge in [0.05, 0.1) is 0 Å². The summed E-state index contributed by atoms with van der Waals surface area (Å²) >= 11 is 0. The Balaban J connectivity index is 1.63. The summed E-state index contributed by atoms with van der Waals surface area (Å²) in [4.78, 5) is 18.8. The van der Waals surface area contributed by atoms with Crippen LogP contribution in [0.2, 0.25) is 0 Å². The van der Waals surface area contributed by atoms with E-state index < -0.39 is 0 Å². The van der Waals surface area contributed by atoms with Crippen LogP contribution < -0.4 is 5.56 Å². The molecule has 0 saturated heterocycles. The first-order valence-electron chi connectivity index (χ1n) is 7.15. The molecule has 0 aliphatic rings. The molecule has 6 heteroatoms. The Labute approximate surface area is 130 Å². The standard InChI is InChI=1S/C17H12N4O2/c22-17-14(18-15-16(19-17)21-23-20-15)10-11-6-8-13(9-7-11)12-4-2-1-3-5-12/h1-9H,10H2,(H,19,21,22). The van der Waals surface area contributed by atoms with Crippen molar-refractivity contribution in [2.45, 2.75) is 6.42 Å². The van der Waals surface area contributed by atoms with Gasteiger partial charge in [-0.3, -0.25) is 9.78 Å². The number of nitrogens with zero attached hydrogens (tertiary/aromatic N) is 3. The van der Waals surface area contributed by atoms with Crippen molar-refractivity contribution in [1.82, 2.24) is 20.3 Å². The van der Waals surface area contributed by atoms with E-state index in [9.17, 15) is 4.79 Å². The van der Waals surface area contributed by atoms with Gasteiger partial charge in [0.15, 0.2) is 0 Å². The van der Waals surface area contributed by atoms with Crippen LogP contribution >= 0.6 is 0 Å². The molecule has 0 amide bonds. The zero-order valence-corrected chi connectivity index (χ0v) is 12.1. The Bertz CT molecular complexity index is 1000. The van der Waals surface area contributed by atoms with Crippen LogP contribution in [-0.2, 0) is 6.42 Å². The molecule has 0 fully saturated rings. The molecule has 2 heterocycles. The summed E-state index contributed by atoms with van der Waals surface area (Å²) < 4.78 is 4.56. The van der Waals surface area contributed by atoms with Crippen LogP contribution in [0.15, 0.2) is 64.0 Å². The molecule has 0 bridgehead atoms. The van der Waals surface area contributed by atoms with Crippen LogP contribution in [0.4, 0.5) is 0 Å². The van der Waals surface area contributed by atoms with E-state index in [0.29, 0.717) is 17.8 Å². The molecule has 1 N–H and O–H groups in total. The van der Waals surface area contributed by atoms with Crippen molar-refractivity contribution in [3.05, 3.63) is 76.2 Å². The summed E-state index contributed by atoms with van der Waals surface area (Å²) in [7, 11) is 0. The van der Waals surface area contributed by atoms with Crippen LogP contribution in [0.5, 0.6) is 0 Å². The van der Waals surface area contributed by atoms with E-state index in [0.717, 1.165) is 16.7 Å². The lowest BCUT2D eigenvalue weighted by Gasteiger charge is -2.04. The summed E-state index contributed by atoms with van der Waals surface area (Å²) in [6.07, 6.45) is 0.424. The molecule has 0 radical (unpaired) electrons. The number of benzene rings is 2. The number of aromatic nitrogens is 4. The second kappa shape index (κ2) is 5.49. The number of nitrogens with one attached hydrogen (secondary N) is 1. The molecule has 6 nitrogen and oxygen atoms in total. The van der Waals surface area contributed by atoms with Crippen molar-refractivity contribution in [2.75, 3.05) is 0 Å². The Kier molecular flexibility index (Phi) is 3.20. The number of hydrogen-bond acceptors (Lipinski definition) is 5. The van der Waals surface area contributed by atoms with Gasteiger partial charge < -0.3 is 0 Å². The second-order valence-corrected chi connectivity index (χ2v) is 5.19. The van der Waals surface area contributed by atoms with Crippen molar-refractivity contribution >= 4 is 11.3 Å². The number of aromatic amines is 1. The number of rotatable bonds is 3. The predicted molar refractivity (Wildman–Crippen MR) is 84.9 cm³/mol. The maximum atomic E-state index is 12.0. The van der Waals surface area contributed by atoms with Crippen LogP contribution in [0, 0.1) is 0 Å². The van der Waals surface area contributed by atoms with E-state index >= 15 is 0 Å². The van der Waals surface area contributed by atoms with Crippen molar-refractivity contribution in [3.8, 4) is 11.1 Å². The van der Waals surface area contributed by atoms with Crippen LogP contribution in [0.1, 0.15) is 11.3 Å². The molecule has 0 atom stereocenters. The Morgan fingerprint density at radius 3 is 2.43 bits per heavy atom. The summed E-state index contributed by atoms with van der Waals surface area (Å²) in [5, 5.41) is 7.22. The highest BCUT2D eigenvalue weighted by Gasteiger charge is 2.09. The van der Waals surface area contributed by atoms with Crippen molar-refractivity contribution in [3.63, 3.8) is 0 Å². The lowest BCUT2D eigenvalue weighted by atomic mass is 10.0. The van der Waals surface area contributed by atoms with E-state index in [2.05, 4.69) is 37.0 Å². The number of fused-ring (bicyclic) bond motifs is 1. The monoisotopic (exact) mass is 304 g/mol. The van der Waals surface area contributed by atoms with E-state index in [1.54, 1.807) is 0 Å². The first-order chi connectivity index (χ1) is 11.3. The molecular weight excluding hydrogens is 292 g/mol. The third-order valence-corrected chi connectivity index (χ3v) is 3.64. The zero-order chi connectivity index (χ0) is 15.6. The summed E-state index contributed by atoms with van der Waals surface area (Å²) in [6, 6.07) is 18.2. The fourth-order valence-electron chi connectivity index (χ4n) is 2.45. The summed E-state index contributed by atoms with van der Waals surface area (Å²) in [5.41, 5.74) is 3.97. The van der Waals surface area contributed by atoms with Gasteiger partial charge in [-0.2, -0.15) is 0 Å².